The van der Waals surface area contributed by atoms with Gasteiger partial charge in [-0.15, -0.1) is 0 Å². The van der Waals surface area contributed by atoms with E-state index in [2.05, 4.69) is 67.0 Å². The number of benzene rings is 2. The first-order chi connectivity index (χ1) is 16.6. The van der Waals surface area contributed by atoms with Gasteiger partial charge in [0.05, 0.1) is 5.69 Å². The summed E-state index contributed by atoms with van der Waals surface area (Å²) in [5, 5.41) is 9.11. The van der Waals surface area contributed by atoms with Gasteiger partial charge in [0.2, 0.25) is 5.95 Å². The topological polar surface area (TPSA) is 85.4 Å². The van der Waals surface area contributed by atoms with E-state index >= 15 is 0 Å². The van der Waals surface area contributed by atoms with E-state index in [1.807, 2.05) is 30.3 Å². The third-order valence-corrected chi connectivity index (χ3v) is 6.98. The molecule has 1 saturated carbocycles. The van der Waals surface area contributed by atoms with E-state index in [1.54, 1.807) is 6.20 Å². The minimum absolute atomic E-state index is 0.153. The summed E-state index contributed by atoms with van der Waals surface area (Å²) in [5.41, 5.74) is 4.78. The van der Waals surface area contributed by atoms with Crippen molar-refractivity contribution in [1.82, 2.24) is 20.2 Å². The SMILES string of the molecule is CN1C[C@@H]2C[C@H]1CN2c1ccc(Nc2nccc(-c3ccc(NC(=O)NC4CC4)cc3)n2)cc1. The Kier molecular flexibility index (Phi) is 5.30. The maximum absolute atomic E-state index is 11.9. The molecule has 174 valence electrons. The van der Waals surface area contributed by atoms with Crippen molar-refractivity contribution >= 4 is 29.0 Å². The van der Waals surface area contributed by atoms with E-state index in [-0.39, 0.29) is 6.03 Å². The van der Waals surface area contributed by atoms with Gasteiger partial charge in [-0.2, -0.15) is 0 Å². The maximum atomic E-state index is 11.9. The van der Waals surface area contributed by atoms with Crippen molar-refractivity contribution in [3.05, 3.63) is 60.8 Å². The largest absolute Gasteiger partial charge is 0.366 e. The first-order valence-electron chi connectivity index (χ1n) is 12.0. The number of carbonyl (C=O) groups is 1. The van der Waals surface area contributed by atoms with Crippen LogP contribution in [0.1, 0.15) is 19.3 Å². The zero-order valence-electron chi connectivity index (χ0n) is 19.2. The van der Waals surface area contributed by atoms with Crippen LogP contribution < -0.4 is 20.9 Å². The van der Waals surface area contributed by atoms with Crippen LogP contribution in [-0.4, -0.2) is 59.2 Å². The number of anilines is 4. The lowest BCUT2D eigenvalue weighted by molar-refractivity contribution is 0.251. The summed E-state index contributed by atoms with van der Waals surface area (Å²) in [5.74, 6) is 0.554. The molecule has 3 fully saturated rings. The normalized spacial score (nSPS) is 21.5. The third-order valence-electron chi connectivity index (χ3n) is 6.98. The van der Waals surface area contributed by atoms with Crippen molar-refractivity contribution in [2.24, 2.45) is 0 Å². The maximum Gasteiger partial charge on any atom is 0.319 e. The Morgan fingerprint density at radius 2 is 1.71 bits per heavy atom. The fourth-order valence-corrected chi connectivity index (χ4v) is 4.93. The minimum atomic E-state index is -0.153. The standard InChI is InChI=1S/C26H29N7O/c1-32-15-23-14-22(32)16-33(23)21-10-8-18(9-11-21)28-25-27-13-12-24(31-25)17-2-4-19(5-3-17)29-26(34)30-20-6-7-20/h2-5,8-13,20,22-23H,6-7,14-16H2,1H3,(H,27,28,31)(H2,29,30,34)/t22-,23-/m0/s1. The molecule has 3 aliphatic rings. The molecule has 6 rings (SSSR count). The Morgan fingerprint density at radius 3 is 2.38 bits per heavy atom. The molecule has 2 bridgehead atoms. The number of likely N-dealkylation sites (tertiary alicyclic amines) is 1. The second-order valence-corrected chi connectivity index (χ2v) is 9.52. The van der Waals surface area contributed by atoms with Crippen LogP contribution in [0.2, 0.25) is 0 Å². The van der Waals surface area contributed by atoms with Crippen LogP contribution >= 0.6 is 0 Å². The van der Waals surface area contributed by atoms with Crippen LogP contribution in [0.25, 0.3) is 11.3 Å². The number of amides is 2. The predicted molar refractivity (Wildman–Crippen MR) is 135 cm³/mol. The van der Waals surface area contributed by atoms with Crippen molar-refractivity contribution in [2.75, 3.05) is 35.7 Å². The zero-order valence-corrected chi connectivity index (χ0v) is 19.2. The third kappa shape index (κ3) is 4.41. The smallest absolute Gasteiger partial charge is 0.319 e. The highest BCUT2D eigenvalue weighted by Gasteiger charge is 2.41. The lowest BCUT2D eigenvalue weighted by atomic mass is 10.1. The Morgan fingerprint density at radius 1 is 0.941 bits per heavy atom. The monoisotopic (exact) mass is 455 g/mol. The number of fused-ring (bicyclic) bond motifs is 2. The van der Waals surface area contributed by atoms with Crippen molar-refractivity contribution in [3.63, 3.8) is 0 Å². The summed E-state index contributed by atoms with van der Waals surface area (Å²) in [6.07, 6.45) is 5.16. The van der Waals surface area contributed by atoms with Crippen molar-refractivity contribution < 1.29 is 4.79 Å². The second-order valence-electron chi connectivity index (χ2n) is 9.52. The molecule has 2 aliphatic heterocycles. The van der Waals surface area contributed by atoms with Crippen LogP contribution in [-0.2, 0) is 0 Å². The molecular weight excluding hydrogens is 426 g/mol. The Balaban J connectivity index is 1.10. The Bertz CT molecular complexity index is 1170. The number of hydrogen-bond acceptors (Lipinski definition) is 6. The Labute approximate surface area is 199 Å². The molecule has 2 atom stereocenters. The average molecular weight is 456 g/mol. The molecule has 8 nitrogen and oxygen atoms in total. The first-order valence-corrected chi connectivity index (χ1v) is 12.0. The van der Waals surface area contributed by atoms with Gasteiger partial charge in [-0.25, -0.2) is 14.8 Å². The molecule has 3 heterocycles. The molecule has 0 radical (unpaired) electrons. The van der Waals surface area contributed by atoms with Crippen LogP contribution in [0.15, 0.2) is 60.8 Å². The van der Waals surface area contributed by atoms with Crippen molar-refractivity contribution in [1.29, 1.82) is 0 Å². The minimum Gasteiger partial charge on any atom is -0.366 e. The predicted octanol–water partition coefficient (Wildman–Crippen LogP) is 4.06. The Hall–Kier alpha value is -3.65. The lowest BCUT2D eigenvalue weighted by Gasteiger charge is -2.33. The summed E-state index contributed by atoms with van der Waals surface area (Å²) in [6, 6.07) is 19.6. The molecule has 2 saturated heterocycles. The number of carbonyl (C=O) groups excluding carboxylic acids is 1. The van der Waals surface area contributed by atoms with E-state index in [9.17, 15) is 4.79 Å². The number of aromatic nitrogens is 2. The van der Waals surface area contributed by atoms with Gasteiger partial charge in [-0.1, -0.05) is 12.1 Å². The molecule has 3 aromatic rings. The number of rotatable bonds is 6. The summed E-state index contributed by atoms with van der Waals surface area (Å²) < 4.78 is 0. The van der Waals surface area contributed by atoms with E-state index in [0.29, 0.717) is 24.1 Å². The van der Waals surface area contributed by atoms with Crippen LogP contribution in [0.4, 0.5) is 27.8 Å². The van der Waals surface area contributed by atoms with E-state index in [0.717, 1.165) is 48.6 Å². The number of likely N-dealkylation sites (N-methyl/N-ethyl adjacent to an activating group) is 1. The lowest BCUT2D eigenvalue weighted by Crippen LogP contribution is -2.44. The number of piperazine rings is 1. The van der Waals surface area contributed by atoms with E-state index in [1.165, 1.54) is 12.1 Å². The van der Waals surface area contributed by atoms with E-state index in [4.69, 9.17) is 0 Å². The van der Waals surface area contributed by atoms with Gasteiger partial charge in [0.25, 0.3) is 0 Å². The molecule has 1 aromatic heterocycles. The van der Waals surface area contributed by atoms with Crippen LogP contribution in [0.5, 0.6) is 0 Å². The summed E-state index contributed by atoms with van der Waals surface area (Å²) >= 11 is 0. The quantitative estimate of drug-likeness (QED) is 0.520. The van der Waals surface area contributed by atoms with Crippen LogP contribution in [0, 0.1) is 0 Å². The van der Waals surface area contributed by atoms with Crippen molar-refractivity contribution in [2.45, 2.75) is 37.4 Å². The van der Waals surface area contributed by atoms with Gasteiger partial charge in [0.15, 0.2) is 0 Å². The zero-order chi connectivity index (χ0) is 23.1. The number of hydrogen-bond donors (Lipinski definition) is 3. The molecule has 3 N–H and O–H groups in total. The first kappa shape index (κ1) is 20.9. The second kappa shape index (κ2) is 8.61. The highest BCUT2D eigenvalue weighted by molar-refractivity contribution is 5.89. The van der Waals surface area contributed by atoms with E-state index < -0.39 is 0 Å². The van der Waals surface area contributed by atoms with Gasteiger partial charge in [-0.3, -0.25) is 4.90 Å². The molecule has 2 amide bonds. The van der Waals surface area contributed by atoms with Crippen LogP contribution in [0.3, 0.4) is 0 Å². The highest BCUT2D eigenvalue weighted by atomic mass is 16.2. The van der Waals surface area contributed by atoms with Gasteiger partial charge < -0.3 is 20.9 Å². The molecule has 34 heavy (non-hydrogen) atoms. The molecule has 0 spiro atoms. The molecule has 2 aromatic carbocycles. The summed E-state index contributed by atoms with van der Waals surface area (Å²) in [6.45, 7) is 2.26. The van der Waals surface area contributed by atoms with Crippen molar-refractivity contribution in [3.8, 4) is 11.3 Å². The fraction of sp³-hybridized carbons (Fsp3) is 0.346. The number of nitrogens with zero attached hydrogens (tertiary/aromatic N) is 4. The van der Waals surface area contributed by atoms with Gasteiger partial charge in [0.1, 0.15) is 0 Å². The van der Waals surface area contributed by atoms with Gasteiger partial charge >= 0.3 is 6.03 Å². The molecule has 8 heteroatoms. The highest BCUT2D eigenvalue weighted by Crippen LogP contribution is 2.34. The summed E-state index contributed by atoms with van der Waals surface area (Å²) in [7, 11) is 2.23. The molecule has 1 aliphatic carbocycles. The fourth-order valence-electron chi connectivity index (χ4n) is 4.93. The molecule has 0 unspecified atom stereocenters. The number of urea groups is 1. The van der Waals surface area contributed by atoms with Gasteiger partial charge in [-0.05, 0) is 68.8 Å². The average Bonchev–Trinajstić information content (AvgIpc) is 3.45. The number of nitrogens with one attached hydrogen (secondary N) is 3. The summed E-state index contributed by atoms with van der Waals surface area (Å²) in [4.78, 5) is 26.0. The molecular formula is C26H29N7O. The van der Waals surface area contributed by atoms with Gasteiger partial charge in [0, 0.05) is 60.0 Å².